The van der Waals surface area contributed by atoms with Crippen molar-refractivity contribution in [2.45, 2.75) is 31.0 Å². The molecule has 86 valence electrons. The molecule has 1 aromatic carbocycles. The summed E-state index contributed by atoms with van der Waals surface area (Å²) >= 11 is 0. The Hall–Kier alpha value is -0.900. The van der Waals surface area contributed by atoms with Gasteiger partial charge in [-0.05, 0) is 30.5 Å². The largest absolute Gasteiger partial charge is 0.387 e. The maximum Gasteiger partial charge on any atom is 0.0965 e. The van der Waals surface area contributed by atoms with Crippen LogP contribution in [0.25, 0.3) is 0 Å². The van der Waals surface area contributed by atoms with Gasteiger partial charge in [0.25, 0.3) is 0 Å². The number of hydrogen-bond donors (Lipinski definition) is 3. The average molecular weight is 218 g/mol. The highest BCUT2D eigenvalue weighted by molar-refractivity contribution is 5.36. The predicted octanol–water partition coefficient (Wildman–Crippen LogP) is 0.945. The molecule has 0 aromatic heterocycles. The first-order valence-electron chi connectivity index (χ1n) is 6.04. The summed E-state index contributed by atoms with van der Waals surface area (Å²) in [5, 5.41) is 17.4. The van der Waals surface area contributed by atoms with Gasteiger partial charge in [0, 0.05) is 13.1 Å². The minimum absolute atomic E-state index is 0.0940. The predicted molar refractivity (Wildman–Crippen MR) is 63.1 cm³/mol. The second-order valence-electron chi connectivity index (χ2n) is 4.90. The van der Waals surface area contributed by atoms with Crippen LogP contribution in [0.2, 0.25) is 0 Å². The minimum atomic E-state index is -0.620. The van der Waals surface area contributed by atoms with E-state index in [4.69, 9.17) is 0 Å². The molecule has 0 saturated carbocycles. The van der Waals surface area contributed by atoms with Gasteiger partial charge in [0.1, 0.15) is 0 Å². The highest BCUT2D eigenvalue weighted by atomic mass is 16.3. The van der Waals surface area contributed by atoms with Crippen molar-refractivity contribution in [3.05, 3.63) is 35.4 Å². The lowest BCUT2D eigenvalue weighted by atomic mass is 9.83. The van der Waals surface area contributed by atoms with E-state index >= 15 is 0 Å². The molecule has 1 saturated heterocycles. The molecule has 0 radical (unpaired) electrons. The quantitative estimate of drug-likeness (QED) is 0.657. The number of β-amino-alcohol motifs (C(OH)–C–C–N with tert-alkyl or cyclic N) is 1. The Balaban J connectivity index is 1.91. The van der Waals surface area contributed by atoms with Crippen LogP contribution in [0, 0.1) is 0 Å². The first kappa shape index (κ1) is 10.3. The molecular weight excluding hydrogens is 200 g/mol. The second-order valence-corrected chi connectivity index (χ2v) is 4.90. The van der Waals surface area contributed by atoms with Crippen molar-refractivity contribution in [3.8, 4) is 0 Å². The normalized spacial score (nSPS) is 33.7. The molecule has 0 aliphatic carbocycles. The number of benzene rings is 1. The van der Waals surface area contributed by atoms with Crippen LogP contribution in [0.4, 0.5) is 0 Å². The fourth-order valence-electron chi connectivity index (χ4n) is 2.94. The molecule has 1 aromatic rings. The second kappa shape index (κ2) is 3.84. The summed E-state index contributed by atoms with van der Waals surface area (Å²) in [6.07, 6.45) is 1.93. The first-order valence-corrected chi connectivity index (χ1v) is 6.04. The van der Waals surface area contributed by atoms with Crippen LogP contribution < -0.4 is 10.6 Å². The van der Waals surface area contributed by atoms with E-state index in [1.807, 2.05) is 0 Å². The molecular formula is C13H18N2O. The zero-order chi connectivity index (χ0) is 11.0. The first-order chi connectivity index (χ1) is 7.80. The van der Waals surface area contributed by atoms with Gasteiger partial charge in [-0.3, -0.25) is 0 Å². The van der Waals surface area contributed by atoms with Gasteiger partial charge in [0.15, 0.2) is 0 Å². The Bertz CT molecular complexity index is 385. The third-order valence-electron chi connectivity index (χ3n) is 3.79. The molecule has 2 aliphatic heterocycles. The van der Waals surface area contributed by atoms with E-state index in [2.05, 4.69) is 34.9 Å². The summed E-state index contributed by atoms with van der Waals surface area (Å²) in [5.74, 6) is 0. The van der Waals surface area contributed by atoms with Crippen LogP contribution in [0.5, 0.6) is 0 Å². The number of piperidine rings is 1. The third-order valence-corrected chi connectivity index (χ3v) is 3.79. The molecule has 0 bridgehead atoms. The molecule has 2 unspecified atom stereocenters. The summed E-state index contributed by atoms with van der Waals surface area (Å²) < 4.78 is 0. The van der Waals surface area contributed by atoms with E-state index < -0.39 is 5.60 Å². The zero-order valence-corrected chi connectivity index (χ0v) is 9.37. The Morgan fingerprint density at radius 2 is 2.19 bits per heavy atom. The van der Waals surface area contributed by atoms with E-state index in [9.17, 15) is 5.11 Å². The van der Waals surface area contributed by atoms with Crippen molar-refractivity contribution >= 4 is 0 Å². The van der Waals surface area contributed by atoms with Crippen molar-refractivity contribution in [1.29, 1.82) is 0 Å². The molecule has 1 fully saturated rings. The summed E-state index contributed by atoms with van der Waals surface area (Å²) in [4.78, 5) is 0. The van der Waals surface area contributed by atoms with Gasteiger partial charge < -0.3 is 15.7 Å². The lowest BCUT2D eigenvalue weighted by molar-refractivity contribution is -0.0169. The van der Waals surface area contributed by atoms with Crippen molar-refractivity contribution in [3.63, 3.8) is 0 Å². The number of nitrogens with one attached hydrogen (secondary N) is 2. The standard InChI is InChI=1S/C13H18N2O/c16-13(6-3-7-14-9-13)12-11-5-2-1-4-10(11)8-15-12/h1-2,4-5,12,14-16H,3,6-9H2. The van der Waals surface area contributed by atoms with Crippen LogP contribution in [0.3, 0.4) is 0 Å². The topological polar surface area (TPSA) is 44.3 Å². The van der Waals surface area contributed by atoms with E-state index in [0.29, 0.717) is 6.54 Å². The molecule has 2 atom stereocenters. The van der Waals surface area contributed by atoms with Gasteiger partial charge in [-0.15, -0.1) is 0 Å². The Morgan fingerprint density at radius 1 is 1.31 bits per heavy atom. The van der Waals surface area contributed by atoms with E-state index in [-0.39, 0.29) is 6.04 Å². The number of fused-ring (bicyclic) bond motifs is 1. The lowest BCUT2D eigenvalue weighted by Gasteiger charge is -2.38. The molecule has 16 heavy (non-hydrogen) atoms. The van der Waals surface area contributed by atoms with E-state index in [1.54, 1.807) is 0 Å². The summed E-state index contributed by atoms with van der Waals surface area (Å²) in [7, 11) is 0. The number of hydrogen-bond acceptors (Lipinski definition) is 3. The van der Waals surface area contributed by atoms with E-state index in [1.165, 1.54) is 11.1 Å². The minimum Gasteiger partial charge on any atom is -0.387 e. The molecule has 3 N–H and O–H groups in total. The van der Waals surface area contributed by atoms with E-state index in [0.717, 1.165) is 25.9 Å². The van der Waals surface area contributed by atoms with Crippen LogP contribution in [0.1, 0.15) is 30.0 Å². The van der Waals surface area contributed by atoms with Gasteiger partial charge >= 0.3 is 0 Å². The van der Waals surface area contributed by atoms with Crippen LogP contribution in [-0.2, 0) is 6.54 Å². The number of aliphatic hydroxyl groups is 1. The molecule has 2 heterocycles. The fourth-order valence-corrected chi connectivity index (χ4v) is 2.94. The van der Waals surface area contributed by atoms with Gasteiger partial charge in [-0.1, -0.05) is 24.3 Å². The summed E-state index contributed by atoms with van der Waals surface area (Å²) in [6.45, 7) is 2.60. The maximum absolute atomic E-state index is 10.7. The highest BCUT2D eigenvalue weighted by Crippen LogP contribution is 2.36. The smallest absolute Gasteiger partial charge is 0.0965 e. The molecule has 3 nitrogen and oxygen atoms in total. The maximum atomic E-state index is 10.7. The highest BCUT2D eigenvalue weighted by Gasteiger charge is 2.41. The summed E-state index contributed by atoms with van der Waals surface area (Å²) in [5.41, 5.74) is 1.98. The van der Waals surface area contributed by atoms with Crippen molar-refractivity contribution in [2.24, 2.45) is 0 Å². The van der Waals surface area contributed by atoms with Crippen LogP contribution in [-0.4, -0.2) is 23.8 Å². The van der Waals surface area contributed by atoms with Crippen molar-refractivity contribution in [1.82, 2.24) is 10.6 Å². The zero-order valence-electron chi connectivity index (χ0n) is 9.37. The SMILES string of the molecule is OC1(C2NCc3ccccc32)CCCNC1. The molecule has 3 rings (SSSR count). The van der Waals surface area contributed by atoms with Crippen molar-refractivity contribution < 1.29 is 5.11 Å². The number of rotatable bonds is 1. The van der Waals surface area contributed by atoms with Gasteiger partial charge in [0.05, 0.1) is 11.6 Å². The molecule has 3 heteroatoms. The van der Waals surface area contributed by atoms with Crippen LogP contribution >= 0.6 is 0 Å². The van der Waals surface area contributed by atoms with Gasteiger partial charge in [-0.2, -0.15) is 0 Å². The van der Waals surface area contributed by atoms with Crippen LogP contribution in [0.15, 0.2) is 24.3 Å². The Kier molecular flexibility index (Phi) is 2.46. The third kappa shape index (κ3) is 1.56. The molecule has 0 spiro atoms. The van der Waals surface area contributed by atoms with Gasteiger partial charge in [-0.25, -0.2) is 0 Å². The Morgan fingerprint density at radius 3 is 3.00 bits per heavy atom. The molecule has 0 amide bonds. The van der Waals surface area contributed by atoms with Crippen molar-refractivity contribution in [2.75, 3.05) is 13.1 Å². The lowest BCUT2D eigenvalue weighted by Crippen LogP contribution is -2.52. The van der Waals surface area contributed by atoms with Gasteiger partial charge in [0.2, 0.25) is 0 Å². The fraction of sp³-hybridized carbons (Fsp3) is 0.538. The molecule has 2 aliphatic rings. The monoisotopic (exact) mass is 218 g/mol. The summed E-state index contributed by atoms with van der Waals surface area (Å²) in [6, 6.07) is 8.48. The average Bonchev–Trinajstić information content (AvgIpc) is 2.74. The Labute approximate surface area is 95.9 Å².